The van der Waals surface area contributed by atoms with E-state index in [9.17, 15) is 8.42 Å². The van der Waals surface area contributed by atoms with Crippen LogP contribution in [0, 0.1) is 6.92 Å². The Labute approximate surface area is 167 Å². The van der Waals surface area contributed by atoms with Gasteiger partial charge in [-0.1, -0.05) is 17.7 Å². The Kier molecular flexibility index (Phi) is 4.61. The van der Waals surface area contributed by atoms with E-state index in [-0.39, 0.29) is 4.90 Å². The van der Waals surface area contributed by atoms with Crippen LogP contribution in [0.4, 0.5) is 5.13 Å². The second-order valence-electron chi connectivity index (χ2n) is 6.28. The Morgan fingerprint density at radius 2 is 2.04 bits per heavy atom. The van der Waals surface area contributed by atoms with Gasteiger partial charge in [-0.05, 0) is 61.2 Å². The van der Waals surface area contributed by atoms with Gasteiger partial charge in [-0.25, -0.2) is 13.4 Å². The molecular weight excluding hydrogens is 404 g/mol. The molecule has 0 spiro atoms. The maximum absolute atomic E-state index is 12.8. The number of fused-ring (bicyclic) bond motifs is 3. The van der Waals surface area contributed by atoms with Gasteiger partial charge in [-0.3, -0.25) is 4.72 Å². The van der Waals surface area contributed by atoms with Crippen LogP contribution in [0.5, 0.6) is 5.75 Å². The van der Waals surface area contributed by atoms with E-state index >= 15 is 0 Å². The lowest BCUT2D eigenvalue weighted by atomic mass is 9.93. The summed E-state index contributed by atoms with van der Waals surface area (Å²) in [7, 11) is -2.12. The maximum Gasteiger partial charge on any atom is 0.263 e. The van der Waals surface area contributed by atoms with Crippen molar-refractivity contribution in [3.63, 3.8) is 0 Å². The number of methoxy groups -OCH3 is 1. The minimum absolute atomic E-state index is 0.160. The van der Waals surface area contributed by atoms with E-state index in [0.717, 1.165) is 40.3 Å². The number of thiazole rings is 1. The zero-order valence-corrected chi connectivity index (χ0v) is 17.1. The Hall–Kier alpha value is -2.09. The van der Waals surface area contributed by atoms with E-state index in [4.69, 9.17) is 16.3 Å². The fourth-order valence-electron chi connectivity index (χ4n) is 3.21. The molecule has 0 atom stereocenters. The van der Waals surface area contributed by atoms with Gasteiger partial charge in [0.15, 0.2) is 5.13 Å². The van der Waals surface area contributed by atoms with Crippen molar-refractivity contribution in [2.75, 3.05) is 11.8 Å². The molecule has 2 aromatic carbocycles. The number of aryl methyl sites for hydroxylation is 2. The van der Waals surface area contributed by atoms with Crippen molar-refractivity contribution in [1.29, 1.82) is 0 Å². The smallest absolute Gasteiger partial charge is 0.263 e. The number of anilines is 1. The molecule has 0 unspecified atom stereocenters. The Morgan fingerprint density at radius 1 is 1.22 bits per heavy atom. The molecule has 0 amide bonds. The van der Waals surface area contributed by atoms with E-state index < -0.39 is 10.0 Å². The van der Waals surface area contributed by atoms with Gasteiger partial charge in [0, 0.05) is 15.5 Å². The first-order chi connectivity index (χ1) is 12.9. The highest BCUT2D eigenvalue weighted by Gasteiger charge is 2.24. The van der Waals surface area contributed by atoms with Crippen molar-refractivity contribution in [2.45, 2.75) is 24.7 Å². The molecular formula is C19H17ClN2O3S2. The van der Waals surface area contributed by atoms with Crippen LogP contribution in [0.3, 0.4) is 0 Å². The van der Waals surface area contributed by atoms with Gasteiger partial charge < -0.3 is 4.74 Å². The normalized spacial score (nSPS) is 13.0. The molecule has 5 nitrogen and oxygen atoms in total. The van der Waals surface area contributed by atoms with E-state index in [1.54, 1.807) is 32.2 Å². The second-order valence-corrected chi connectivity index (χ2v) is 9.42. The molecule has 1 aliphatic carbocycles. The van der Waals surface area contributed by atoms with Crippen LogP contribution in [0.25, 0.3) is 11.3 Å². The summed E-state index contributed by atoms with van der Waals surface area (Å²) in [5.74, 6) is 0.810. The third-order valence-electron chi connectivity index (χ3n) is 4.62. The molecule has 4 rings (SSSR count). The van der Waals surface area contributed by atoms with Crippen molar-refractivity contribution in [3.05, 3.63) is 57.4 Å². The highest BCUT2D eigenvalue weighted by Crippen LogP contribution is 2.40. The fourth-order valence-corrected chi connectivity index (χ4v) is 5.92. The third kappa shape index (κ3) is 3.31. The third-order valence-corrected chi connectivity index (χ3v) is 7.67. The van der Waals surface area contributed by atoms with Gasteiger partial charge in [0.1, 0.15) is 5.75 Å². The molecule has 1 heterocycles. The van der Waals surface area contributed by atoms with Gasteiger partial charge in [-0.2, -0.15) is 0 Å². The lowest BCUT2D eigenvalue weighted by Gasteiger charge is -2.15. The van der Waals surface area contributed by atoms with Crippen molar-refractivity contribution in [1.82, 2.24) is 4.98 Å². The summed E-state index contributed by atoms with van der Waals surface area (Å²) in [6, 6.07) is 10.7. The number of ether oxygens (including phenoxy) is 1. The summed E-state index contributed by atoms with van der Waals surface area (Å²) < 4.78 is 33.5. The zero-order valence-electron chi connectivity index (χ0n) is 14.7. The minimum Gasteiger partial charge on any atom is -0.497 e. The van der Waals surface area contributed by atoms with Crippen molar-refractivity contribution in [3.8, 4) is 17.0 Å². The topological polar surface area (TPSA) is 68.3 Å². The number of halogens is 1. The predicted octanol–water partition coefficient (Wildman–Crippen LogP) is 4.68. The van der Waals surface area contributed by atoms with Gasteiger partial charge in [0.25, 0.3) is 10.0 Å². The van der Waals surface area contributed by atoms with Gasteiger partial charge in [0.2, 0.25) is 0 Å². The molecule has 0 saturated heterocycles. The van der Waals surface area contributed by atoms with Crippen LogP contribution < -0.4 is 9.46 Å². The quantitative estimate of drug-likeness (QED) is 0.665. The number of nitrogens with zero attached hydrogens (tertiary/aromatic N) is 1. The largest absolute Gasteiger partial charge is 0.497 e. The van der Waals surface area contributed by atoms with Crippen molar-refractivity contribution < 1.29 is 13.2 Å². The van der Waals surface area contributed by atoms with Gasteiger partial charge >= 0.3 is 0 Å². The first-order valence-corrected chi connectivity index (χ1v) is 11.0. The Bertz CT molecular complexity index is 1140. The average Bonchev–Trinajstić information content (AvgIpc) is 3.05. The molecule has 3 aromatic rings. The molecule has 0 bridgehead atoms. The molecule has 0 fully saturated rings. The monoisotopic (exact) mass is 420 g/mol. The van der Waals surface area contributed by atoms with Gasteiger partial charge in [-0.15, -0.1) is 11.3 Å². The highest BCUT2D eigenvalue weighted by molar-refractivity contribution is 7.93. The molecule has 27 heavy (non-hydrogen) atoms. The molecule has 0 radical (unpaired) electrons. The number of aromatic nitrogens is 1. The first kappa shape index (κ1) is 18.3. The van der Waals surface area contributed by atoms with Crippen LogP contribution in [0.1, 0.15) is 16.0 Å². The summed E-state index contributed by atoms with van der Waals surface area (Å²) >= 11 is 7.45. The highest BCUT2D eigenvalue weighted by atomic mass is 35.5. The molecule has 1 N–H and O–H groups in total. The average molecular weight is 421 g/mol. The summed E-state index contributed by atoms with van der Waals surface area (Å²) in [4.78, 5) is 5.80. The minimum atomic E-state index is -3.76. The zero-order chi connectivity index (χ0) is 19.2. The second kappa shape index (κ2) is 6.82. The lowest BCUT2D eigenvalue weighted by molar-refractivity contribution is 0.414. The van der Waals surface area contributed by atoms with E-state index in [1.807, 2.05) is 18.2 Å². The van der Waals surface area contributed by atoms with Crippen molar-refractivity contribution in [2.24, 2.45) is 0 Å². The van der Waals surface area contributed by atoms with Crippen LogP contribution in [0.15, 0.2) is 41.3 Å². The molecule has 0 saturated carbocycles. The van der Waals surface area contributed by atoms with E-state index in [1.165, 1.54) is 11.3 Å². The predicted molar refractivity (Wildman–Crippen MR) is 109 cm³/mol. The molecule has 8 heteroatoms. The standard InChI is InChI=1S/C19H17ClN2O3S2/c1-11-15(20)4-3-5-17(11)27(23,24)22-19-21-18-14-8-7-13(25-2)10-12(14)6-9-16(18)26-19/h3-5,7-8,10H,6,9H2,1-2H3,(H,21,22). The lowest BCUT2D eigenvalue weighted by Crippen LogP contribution is -2.14. The summed E-state index contributed by atoms with van der Waals surface area (Å²) in [6.45, 7) is 1.69. The van der Waals surface area contributed by atoms with Crippen LogP contribution in [0.2, 0.25) is 5.02 Å². The molecule has 1 aliphatic rings. The number of nitrogens with one attached hydrogen (secondary N) is 1. The fraction of sp³-hybridized carbons (Fsp3) is 0.211. The number of rotatable bonds is 4. The summed E-state index contributed by atoms with van der Waals surface area (Å²) in [5.41, 5.74) is 3.54. The Balaban J connectivity index is 1.69. The number of hydrogen-bond acceptors (Lipinski definition) is 5. The molecule has 140 valence electrons. The van der Waals surface area contributed by atoms with Crippen LogP contribution >= 0.6 is 22.9 Å². The Morgan fingerprint density at radius 3 is 2.81 bits per heavy atom. The van der Waals surface area contributed by atoms with E-state index in [2.05, 4.69) is 9.71 Å². The summed E-state index contributed by atoms with van der Waals surface area (Å²) in [6.07, 6.45) is 1.70. The molecule has 0 aliphatic heterocycles. The van der Waals surface area contributed by atoms with Crippen LogP contribution in [-0.4, -0.2) is 20.5 Å². The maximum atomic E-state index is 12.8. The SMILES string of the molecule is COc1ccc2c(c1)CCc1sc(NS(=O)(=O)c3cccc(Cl)c3C)nc1-2. The van der Waals surface area contributed by atoms with Crippen LogP contribution in [-0.2, 0) is 22.9 Å². The van der Waals surface area contributed by atoms with Gasteiger partial charge in [0.05, 0.1) is 17.7 Å². The first-order valence-electron chi connectivity index (χ1n) is 8.34. The van der Waals surface area contributed by atoms with E-state index in [0.29, 0.717) is 15.7 Å². The number of benzene rings is 2. The number of hydrogen-bond donors (Lipinski definition) is 1. The molecule has 1 aromatic heterocycles. The summed E-state index contributed by atoms with van der Waals surface area (Å²) in [5, 5.41) is 0.780. The van der Waals surface area contributed by atoms with Crippen molar-refractivity contribution >= 4 is 38.1 Å². The number of sulfonamides is 1.